The molecule has 0 aromatic carbocycles. The zero-order valence-corrected chi connectivity index (χ0v) is 12.8. The number of amides is 1. The Bertz CT molecular complexity index is 606. The Labute approximate surface area is 119 Å². The molecule has 1 aliphatic heterocycles. The van der Waals surface area contributed by atoms with Gasteiger partial charge in [-0.1, -0.05) is 13.8 Å². The highest BCUT2D eigenvalue weighted by Gasteiger charge is 2.23. The number of nitrogens with one attached hydrogen (secondary N) is 1. The second-order valence-electron chi connectivity index (χ2n) is 5.36. The fourth-order valence-electron chi connectivity index (χ4n) is 2.17. The average molecular weight is 300 g/mol. The molecule has 0 bridgehead atoms. The molecule has 112 valence electrons. The van der Waals surface area contributed by atoms with E-state index in [1.54, 1.807) is 0 Å². The lowest BCUT2D eigenvalue weighted by Gasteiger charge is -2.29. The van der Waals surface area contributed by atoms with Crippen molar-refractivity contribution < 1.29 is 13.2 Å². The summed E-state index contributed by atoms with van der Waals surface area (Å²) < 4.78 is 26.4. The molecular formula is C12H20N4O3S. The number of sulfonamides is 1. The summed E-state index contributed by atoms with van der Waals surface area (Å²) in [5, 5.41) is 4.34. The largest absolute Gasteiger partial charge is 0.335 e. The smallest absolute Gasteiger partial charge is 0.225 e. The van der Waals surface area contributed by atoms with Gasteiger partial charge in [0.15, 0.2) is 0 Å². The van der Waals surface area contributed by atoms with E-state index in [2.05, 4.69) is 9.82 Å². The molecule has 1 amide bonds. The van der Waals surface area contributed by atoms with Gasteiger partial charge in [-0.25, -0.2) is 13.1 Å². The third kappa shape index (κ3) is 3.57. The SMILES string of the molecule is CC(C)C(=O)N1CCn2nc(CNS(C)(=O)=O)cc2C1. The Kier molecular flexibility index (Phi) is 4.14. The summed E-state index contributed by atoms with van der Waals surface area (Å²) in [6.45, 7) is 5.77. The first-order chi connectivity index (χ1) is 9.26. The van der Waals surface area contributed by atoms with Crippen LogP contribution in [0.1, 0.15) is 25.2 Å². The van der Waals surface area contributed by atoms with E-state index in [1.807, 2.05) is 29.5 Å². The lowest BCUT2D eigenvalue weighted by atomic mass is 10.1. The van der Waals surface area contributed by atoms with Crippen molar-refractivity contribution in [3.8, 4) is 0 Å². The van der Waals surface area contributed by atoms with Gasteiger partial charge in [0.25, 0.3) is 0 Å². The first kappa shape index (κ1) is 15.0. The molecule has 1 N–H and O–H groups in total. The Hall–Kier alpha value is -1.41. The Morgan fingerprint density at radius 2 is 2.15 bits per heavy atom. The molecule has 2 heterocycles. The molecule has 0 fully saturated rings. The third-order valence-electron chi connectivity index (χ3n) is 3.17. The van der Waals surface area contributed by atoms with Gasteiger partial charge < -0.3 is 4.90 Å². The number of hydrogen-bond acceptors (Lipinski definition) is 4. The minimum atomic E-state index is -3.22. The fourth-order valence-corrected chi connectivity index (χ4v) is 2.58. The average Bonchev–Trinajstić information content (AvgIpc) is 2.76. The van der Waals surface area contributed by atoms with Crippen LogP contribution in [0.5, 0.6) is 0 Å². The summed E-state index contributed by atoms with van der Waals surface area (Å²) in [6.07, 6.45) is 1.12. The van der Waals surface area contributed by atoms with E-state index < -0.39 is 10.0 Å². The summed E-state index contributed by atoms with van der Waals surface area (Å²) in [4.78, 5) is 13.8. The molecule has 20 heavy (non-hydrogen) atoms. The number of nitrogens with zero attached hydrogens (tertiary/aromatic N) is 3. The number of fused-ring (bicyclic) bond motifs is 1. The van der Waals surface area contributed by atoms with Gasteiger partial charge in [-0.05, 0) is 6.07 Å². The lowest BCUT2D eigenvalue weighted by molar-refractivity contribution is -0.136. The van der Waals surface area contributed by atoms with E-state index in [9.17, 15) is 13.2 Å². The van der Waals surface area contributed by atoms with Crippen molar-refractivity contribution in [3.63, 3.8) is 0 Å². The van der Waals surface area contributed by atoms with Crippen LogP contribution in [0, 0.1) is 5.92 Å². The fraction of sp³-hybridized carbons (Fsp3) is 0.667. The predicted octanol–water partition coefficient (Wildman–Crippen LogP) is -0.0695. The summed E-state index contributed by atoms with van der Waals surface area (Å²) in [6, 6.07) is 1.85. The van der Waals surface area contributed by atoms with E-state index >= 15 is 0 Å². The minimum absolute atomic E-state index is 0.0177. The molecule has 1 aromatic heterocycles. The van der Waals surface area contributed by atoms with Crippen molar-refractivity contribution in [2.24, 2.45) is 5.92 Å². The quantitative estimate of drug-likeness (QED) is 0.843. The zero-order valence-electron chi connectivity index (χ0n) is 12.0. The Balaban J connectivity index is 2.06. The molecule has 0 saturated heterocycles. The Morgan fingerprint density at radius 1 is 1.45 bits per heavy atom. The molecule has 0 atom stereocenters. The van der Waals surface area contributed by atoms with Crippen molar-refractivity contribution >= 4 is 15.9 Å². The van der Waals surface area contributed by atoms with Crippen LogP contribution in [0.25, 0.3) is 0 Å². The monoisotopic (exact) mass is 300 g/mol. The van der Waals surface area contributed by atoms with Gasteiger partial charge >= 0.3 is 0 Å². The maximum Gasteiger partial charge on any atom is 0.225 e. The molecule has 0 radical (unpaired) electrons. The molecule has 0 saturated carbocycles. The highest BCUT2D eigenvalue weighted by Crippen LogP contribution is 2.16. The van der Waals surface area contributed by atoms with E-state index in [4.69, 9.17) is 0 Å². The minimum Gasteiger partial charge on any atom is -0.335 e. The second kappa shape index (κ2) is 5.53. The highest BCUT2D eigenvalue weighted by atomic mass is 32.2. The molecule has 2 rings (SSSR count). The third-order valence-corrected chi connectivity index (χ3v) is 3.84. The van der Waals surface area contributed by atoms with Gasteiger partial charge in [0.1, 0.15) is 0 Å². The van der Waals surface area contributed by atoms with Gasteiger partial charge in [0.05, 0.1) is 37.3 Å². The first-order valence-corrected chi connectivity index (χ1v) is 8.44. The molecule has 1 aromatic rings. The van der Waals surface area contributed by atoms with Crippen LogP contribution in [0.2, 0.25) is 0 Å². The van der Waals surface area contributed by atoms with Gasteiger partial charge in [0.2, 0.25) is 15.9 Å². The summed E-state index contributed by atoms with van der Waals surface area (Å²) in [7, 11) is -3.22. The van der Waals surface area contributed by atoms with Crippen molar-refractivity contribution in [3.05, 3.63) is 17.5 Å². The van der Waals surface area contributed by atoms with E-state index in [1.165, 1.54) is 0 Å². The zero-order chi connectivity index (χ0) is 14.9. The molecule has 0 aliphatic carbocycles. The number of carbonyl (C=O) groups excluding carboxylic acids is 1. The number of hydrogen-bond donors (Lipinski definition) is 1. The van der Waals surface area contributed by atoms with Gasteiger partial charge in [-0.2, -0.15) is 5.10 Å². The maximum absolute atomic E-state index is 12.0. The van der Waals surface area contributed by atoms with Crippen LogP contribution in [0.3, 0.4) is 0 Å². The number of carbonyl (C=O) groups is 1. The second-order valence-corrected chi connectivity index (χ2v) is 7.19. The predicted molar refractivity (Wildman–Crippen MR) is 74.2 cm³/mol. The highest BCUT2D eigenvalue weighted by molar-refractivity contribution is 7.88. The van der Waals surface area contributed by atoms with Crippen LogP contribution >= 0.6 is 0 Å². The van der Waals surface area contributed by atoms with Crippen LogP contribution in [0.15, 0.2) is 6.07 Å². The summed E-state index contributed by atoms with van der Waals surface area (Å²) >= 11 is 0. The maximum atomic E-state index is 12.0. The molecule has 1 aliphatic rings. The first-order valence-electron chi connectivity index (χ1n) is 6.55. The molecular weight excluding hydrogens is 280 g/mol. The van der Waals surface area contributed by atoms with Crippen LogP contribution in [-0.2, 0) is 34.5 Å². The molecule has 0 unspecified atom stereocenters. The van der Waals surface area contributed by atoms with E-state index in [0.29, 0.717) is 25.3 Å². The summed E-state index contributed by atoms with van der Waals surface area (Å²) in [5.41, 5.74) is 1.61. The molecule has 0 spiro atoms. The van der Waals surface area contributed by atoms with Crippen molar-refractivity contribution in [1.29, 1.82) is 0 Å². The van der Waals surface area contributed by atoms with Gasteiger partial charge in [-0.15, -0.1) is 0 Å². The van der Waals surface area contributed by atoms with E-state index in [-0.39, 0.29) is 18.4 Å². The van der Waals surface area contributed by atoms with Crippen LogP contribution in [0.4, 0.5) is 0 Å². The number of rotatable bonds is 4. The number of aromatic nitrogens is 2. The van der Waals surface area contributed by atoms with Gasteiger partial charge in [-0.3, -0.25) is 9.48 Å². The standard InChI is InChI=1S/C12H20N4O3S/c1-9(2)12(17)15-4-5-16-11(8-15)6-10(14-16)7-13-20(3,18)19/h6,9,13H,4-5,7-8H2,1-3H3. The van der Waals surface area contributed by atoms with Gasteiger partial charge in [0, 0.05) is 12.5 Å². The van der Waals surface area contributed by atoms with E-state index in [0.717, 1.165) is 11.9 Å². The topological polar surface area (TPSA) is 84.3 Å². The van der Waals surface area contributed by atoms with Crippen molar-refractivity contribution in [1.82, 2.24) is 19.4 Å². The normalized spacial score (nSPS) is 15.5. The molecule has 7 nitrogen and oxygen atoms in total. The van der Waals surface area contributed by atoms with Crippen LogP contribution in [-0.4, -0.2) is 41.8 Å². The lowest BCUT2D eigenvalue weighted by Crippen LogP contribution is -2.40. The van der Waals surface area contributed by atoms with Crippen molar-refractivity contribution in [2.75, 3.05) is 12.8 Å². The summed E-state index contributed by atoms with van der Waals surface area (Å²) in [5.74, 6) is 0.115. The van der Waals surface area contributed by atoms with Crippen molar-refractivity contribution in [2.45, 2.75) is 33.5 Å². The molecule has 8 heteroatoms. The van der Waals surface area contributed by atoms with Crippen LogP contribution < -0.4 is 4.72 Å². The Morgan fingerprint density at radius 3 is 2.75 bits per heavy atom.